The van der Waals surface area contributed by atoms with Gasteiger partial charge in [-0.1, -0.05) is 20.8 Å². The van der Waals surface area contributed by atoms with Crippen LogP contribution in [0.5, 0.6) is 0 Å². The van der Waals surface area contributed by atoms with E-state index in [0.29, 0.717) is 11.4 Å². The Hall–Kier alpha value is 0.270. The molecular formula is C13H27NOS. The monoisotopic (exact) mass is 245 g/mol. The number of hydrogen-bond donors (Lipinski definition) is 1. The summed E-state index contributed by atoms with van der Waals surface area (Å²) in [6.07, 6.45) is 3.96. The van der Waals surface area contributed by atoms with Gasteiger partial charge >= 0.3 is 0 Å². The van der Waals surface area contributed by atoms with Gasteiger partial charge in [0.1, 0.15) is 0 Å². The lowest BCUT2D eigenvalue weighted by Crippen LogP contribution is -2.39. The van der Waals surface area contributed by atoms with Crippen LogP contribution in [0.1, 0.15) is 40.0 Å². The van der Waals surface area contributed by atoms with Crippen molar-refractivity contribution in [2.45, 2.75) is 51.4 Å². The Morgan fingerprint density at radius 3 is 2.38 bits per heavy atom. The second-order valence-corrected chi connectivity index (χ2v) is 6.28. The van der Waals surface area contributed by atoms with Gasteiger partial charge in [-0.3, -0.25) is 0 Å². The molecule has 96 valence electrons. The molecule has 16 heavy (non-hydrogen) atoms. The van der Waals surface area contributed by atoms with Crippen LogP contribution < -0.4 is 0 Å². The van der Waals surface area contributed by atoms with Crippen molar-refractivity contribution >= 4 is 12.6 Å². The van der Waals surface area contributed by atoms with Gasteiger partial charge in [-0.25, -0.2) is 0 Å². The zero-order chi connectivity index (χ0) is 12.0. The predicted molar refractivity (Wildman–Crippen MR) is 73.3 cm³/mol. The van der Waals surface area contributed by atoms with Crippen LogP contribution >= 0.6 is 12.6 Å². The standard InChI is InChI=1S/C13H27NOS/c1-11(2)10-14-7-4-13(5-8-14)15-9-6-12(3)16/h11-13,16H,4-10H2,1-3H3. The van der Waals surface area contributed by atoms with Gasteiger partial charge in [0.2, 0.25) is 0 Å². The van der Waals surface area contributed by atoms with Gasteiger partial charge < -0.3 is 9.64 Å². The summed E-state index contributed by atoms with van der Waals surface area (Å²) in [5, 5.41) is 0.459. The van der Waals surface area contributed by atoms with Crippen LogP contribution in [0.15, 0.2) is 0 Å². The SMILES string of the molecule is CC(C)CN1CCC(OCCC(C)S)CC1. The maximum absolute atomic E-state index is 5.87. The van der Waals surface area contributed by atoms with E-state index >= 15 is 0 Å². The third-order valence-corrected chi connectivity index (χ3v) is 3.31. The van der Waals surface area contributed by atoms with E-state index in [2.05, 4.69) is 38.3 Å². The Morgan fingerprint density at radius 2 is 1.88 bits per heavy atom. The Labute approximate surface area is 106 Å². The summed E-state index contributed by atoms with van der Waals surface area (Å²) in [5.41, 5.74) is 0. The van der Waals surface area contributed by atoms with Crippen LogP contribution in [0.25, 0.3) is 0 Å². The fourth-order valence-corrected chi connectivity index (χ4v) is 2.29. The third-order valence-electron chi connectivity index (χ3n) is 3.05. The Morgan fingerprint density at radius 1 is 1.25 bits per heavy atom. The van der Waals surface area contributed by atoms with Gasteiger partial charge in [0.05, 0.1) is 6.10 Å². The molecule has 0 amide bonds. The van der Waals surface area contributed by atoms with E-state index in [1.54, 1.807) is 0 Å². The number of rotatable bonds is 6. The molecule has 1 unspecified atom stereocenters. The molecule has 0 radical (unpaired) electrons. The highest BCUT2D eigenvalue weighted by atomic mass is 32.1. The van der Waals surface area contributed by atoms with Crippen molar-refractivity contribution in [3.05, 3.63) is 0 Å². The maximum Gasteiger partial charge on any atom is 0.0599 e. The molecule has 1 aliphatic rings. The van der Waals surface area contributed by atoms with Crippen LogP contribution in [0, 0.1) is 5.92 Å². The van der Waals surface area contributed by atoms with Gasteiger partial charge in [0.15, 0.2) is 0 Å². The minimum Gasteiger partial charge on any atom is -0.378 e. The second kappa shape index (κ2) is 7.57. The first-order valence-corrected chi connectivity index (χ1v) is 7.11. The molecule has 0 aliphatic carbocycles. The van der Waals surface area contributed by atoms with Gasteiger partial charge in [-0.05, 0) is 25.2 Å². The highest BCUT2D eigenvalue weighted by Crippen LogP contribution is 2.15. The average Bonchev–Trinajstić information content (AvgIpc) is 2.19. The van der Waals surface area contributed by atoms with Crippen LogP contribution in [0.3, 0.4) is 0 Å². The fraction of sp³-hybridized carbons (Fsp3) is 1.00. The second-order valence-electron chi connectivity index (χ2n) is 5.40. The van der Waals surface area contributed by atoms with E-state index < -0.39 is 0 Å². The first-order chi connectivity index (χ1) is 7.58. The van der Waals surface area contributed by atoms with E-state index in [1.807, 2.05) is 0 Å². The molecule has 3 heteroatoms. The topological polar surface area (TPSA) is 12.5 Å². The maximum atomic E-state index is 5.87. The van der Waals surface area contributed by atoms with E-state index in [0.717, 1.165) is 18.9 Å². The van der Waals surface area contributed by atoms with Crippen molar-refractivity contribution in [3.8, 4) is 0 Å². The first kappa shape index (κ1) is 14.3. The molecule has 0 spiro atoms. The third kappa shape index (κ3) is 6.12. The largest absolute Gasteiger partial charge is 0.378 e. The number of likely N-dealkylation sites (tertiary alicyclic amines) is 1. The van der Waals surface area contributed by atoms with Crippen molar-refractivity contribution < 1.29 is 4.74 Å². The summed E-state index contributed by atoms with van der Waals surface area (Å²) in [6.45, 7) is 11.2. The Bertz CT molecular complexity index is 177. The van der Waals surface area contributed by atoms with Crippen LogP contribution in [-0.4, -0.2) is 42.5 Å². The molecule has 1 heterocycles. The molecule has 0 N–H and O–H groups in total. The number of thiol groups is 1. The molecule has 0 aromatic heterocycles. The van der Waals surface area contributed by atoms with Crippen LogP contribution in [0.2, 0.25) is 0 Å². The zero-order valence-electron chi connectivity index (χ0n) is 11.0. The van der Waals surface area contributed by atoms with E-state index in [1.165, 1.54) is 32.5 Å². The molecule has 2 nitrogen and oxygen atoms in total. The number of nitrogens with zero attached hydrogens (tertiary/aromatic N) is 1. The molecule has 0 aromatic rings. The van der Waals surface area contributed by atoms with Gasteiger partial charge in [-0.2, -0.15) is 12.6 Å². The molecule has 0 bridgehead atoms. The van der Waals surface area contributed by atoms with Crippen molar-refractivity contribution in [1.82, 2.24) is 4.90 Å². The van der Waals surface area contributed by atoms with Gasteiger partial charge in [0, 0.05) is 31.5 Å². The molecule has 1 saturated heterocycles. The highest BCUT2D eigenvalue weighted by molar-refractivity contribution is 7.80. The lowest BCUT2D eigenvalue weighted by atomic mass is 10.1. The molecule has 1 rings (SSSR count). The van der Waals surface area contributed by atoms with E-state index in [9.17, 15) is 0 Å². The van der Waals surface area contributed by atoms with Crippen LogP contribution in [-0.2, 0) is 4.74 Å². The molecular weight excluding hydrogens is 218 g/mol. The Kier molecular flexibility index (Phi) is 6.78. The molecule has 1 aliphatic heterocycles. The number of hydrogen-bond acceptors (Lipinski definition) is 3. The fourth-order valence-electron chi connectivity index (χ4n) is 2.18. The van der Waals surface area contributed by atoms with Crippen LogP contribution in [0.4, 0.5) is 0 Å². The highest BCUT2D eigenvalue weighted by Gasteiger charge is 2.19. The molecule has 1 atom stereocenters. The van der Waals surface area contributed by atoms with Crippen molar-refractivity contribution in [2.75, 3.05) is 26.2 Å². The Balaban J connectivity index is 2.07. The quantitative estimate of drug-likeness (QED) is 0.723. The summed E-state index contributed by atoms with van der Waals surface area (Å²) in [4.78, 5) is 2.56. The summed E-state index contributed by atoms with van der Waals surface area (Å²) in [5.74, 6) is 0.780. The first-order valence-electron chi connectivity index (χ1n) is 6.60. The lowest BCUT2D eigenvalue weighted by Gasteiger charge is -2.32. The van der Waals surface area contributed by atoms with Crippen molar-refractivity contribution in [3.63, 3.8) is 0 Å². The predicted octanol–water partition coefficient (Wildman–Crippen LogP) is 2.83. The normalized spacial score (nSPS) is 21.6. The summed E-state index contributed by atoms with van der Waals surface area (Å²) in [7, 11) is 0. The lowest BCUT2D eigenvalue weighted by molar-refractivity contribution is 0.00480. The average molecular weight is 245 g/mol. The smallest absolute Gasteiger partial charge is 0.0599 e. The van der Waals surface area contributed by atoms with Gasteiger partial charge in [-0.15, -0.1) is 0 Å². The molecule has 0 aromatic carbocycles. The van der Waals surface area contributed by atoms with E-state index in [4.69, 9.17) is 4.74 Å². The van der Waals surface area contributed by atoms with Gasteiger partial charge in [0.25, 0.3) is 0 Å². The minimum atomic E-state index is 0.459. The summed E-state index contributed by atoms with van der Waals surface area (Å²) in [6, 6.07) is 0. The number of piperidine rings is 1. The molecule has 1 fully saturated rings. The van der Waals surface area contributed by atoms with E-state index in [-0.39, 0.29) is 0 Å². The zero-order valence-corrected chi connectivity index (χ0v) is 11.9. The molecule has 0 saturated carbocycles. The van der Waals surface area contributed by atoms with Crippen molar-refractivity contribution in [2.24, 2.45) is 5.92 Å². The minimum absolute atomic E-state index is 0.459. The summed E-state index contributed by atoms with van der Waals surface area (Å²) >= 11 is 4.36. The summed E-state index contributed by atoms with van der Waals surface area (Å²) < 4.78 is 5.87. The number of ether oxygens (including phenoxy) is 1. The van der Waals surface area contributed by atoms with Crippen molar-refractivity contribution in [1.29, 1.82) is 0 Å².